The van der Waals surface area contributed by atoms with Crippen LogP contribution in [0.15, 0.2) is 40.3 Å². The highest BCUT2D eigenvalue weighted by atomic mass is 127. The number of hydrogen-bond acceptors (Lipinski definition) is 2. The van der Waals surface area contributed by atoms with Gasteiger partial charge in [0.25, 0.3) is 0 Å². The molecule has 3 nitrogen and oxygen atoms in total. The molecule has 0 amide bonds. The molecule has 0 aliphatic rings. The quantitative estimate of drug-likeness (QED) is 0.158. The van der Waals surface area contributed by atoms with Gasteiger partial charge in [-0.05, 0) is 58.4 Å². The third-order valence-corrected chi connectivity index (χ3v) is 5.58. The van der Waals surface area contributed by atoms with E-state index in [9.17, 15) is 8.76 Å². The molecule has 1 aromatic rings. The van der Waals surface area contributed by atoms with Gasteiger partial charge in [0.1, 0.15) is 4.90 Å². The molecule has 1 rings (SSSR count). The summed E-state index contributed by atoms with van der Waals surface area (Å²) in [6.45, 7) is 8.51. The molecule has 0 fully saturated rings. The summed E-state index contributed by atoms with van der Waals surface area (Å²) in [4.78, 5) is 0.434. The molecule has 5 heteroatoms. The fraction of sp³-hybridized carbons (Fsp3) is 0.524. The first-order valence-corrected chi connectivity index (χ1v) is 11.2. The van der Waals surface area contributed by atoms with Crippen LogP contribution in [0.25, 0.3) is 0 Å². The fourth-order valence-electron chi connectivity index (χ4n) is 2.82. The van der Waals surface area contributed by atoms with E-state index >= 15 is 0 Å². The molecule has 0 spiro atoms. The standard InChI is InChI=1S/C21H31IO3S/c1-5-6-7-11-19-15-14-18(20(25-22)21(19)26(23)24)13-12-17(4)10-8-9-16(2)3/h9,12,14-15H,5-8,10-11,13H2,1-4H3,(H,23,24)/b17-12+. The van der Waals surface area contributed by atoms with E-state index in [-0.39, 0.29) is 0 Å². The second-order valence-corrected chi connectivity index (χ2v) is 8.25. The number of hydrogen-bond donors (Lipinski definition) is 1. The van der Waals surface area contributed by atoms with Crippen LogP contribution in [-0.2, 0) is 23.9 Å². The van der Waals surface area contributed by atoms with Crippen molar-refractivity contribution < 1.29 is 11.8 Å². The normalized spacial score (nSPS) is 12.8. The van der Waals surface area contributed by atoms with Gasteiger partial charge in [0, 0.05) is 5.56 Å². The Kier molecular flexibility index (Phi) is 11.4. The Morgan fingerprint density at radius 1 is 1.19 bits per heavy atom. The monoisotopic (exact) mass is 490 g/mol. The maximum absolute atomic E-state index is 11.9. The fourth-order valence-corrected chi connectivity index (χ4v) is 4.20. The Labute approximate surface area is 175 Å². The van der Waals surface area contributed by atoms with Gasteiger partial charge in [-0.15, -0.1) is 0 Å². The summed E-state index contributed by atoms with van der Waals surface area (Å²) in [5, 5.41) is 0. The Morgan fingerprint density at radius 2 is 1.88 bits per heavy atom. The molecule has 1 unspecified atom stereocenters. The Morgan fingerprint density at radius 3 is 2.46 bits per heavy atom. The zero-order valence-electron chi connectivity index (χ0n) is 16.3. The zero-order chi connectivity index (χ0) is 19.5. The van der Waals surface area contributed by atoms with E-state index in [1.165, 1.54) is 11.1 Å². The SMILES string of the molecule is CCCCCc1ccc(C/C=C(\C)CCC=C(C)C)c(OI)c1S(=O)O. The zero-order valence-corrected chi connectivity index (χ0v) is 19.3. The molecule has 0 radical (unpaired) electrons. The van der Waals surface area contributed by atoms with E-state index in [1.807, 2.05) is 35.1 Å². The maximum atomic E-state index is 11.9. The highest BCUT2D eigenvalue weighted by molar-refractivity contribution is 14.1. The van der Waals surface area contributed by atoms with Crippen LogP contribution in [0.2, 0.25) is 0 Å². The second-order valence-electron chi connectivity index (χ2n) is 6.90. The van der Waals surface area contributed by atoms with Gasteiger partial charge in [-0.1, -0.05) is 55.2 Å². The second kappa shape index (κ2) is 12.7. The minimum absolute atomic E-state index is 0.434. The smallest absolute Gasteiger partial charge is 0.192 e. The van der Waals surface area contributed by atoms with Crippen molar-refractivity contribution in [1.29, 1.82) is 0 Å². The van der Waals surface area contributed by atoms with E-state index in [1.54, 1.807) is 0 Å². The molecule has 0 heterocycles. The van der Waals surface area contributed by atoms with Crippen molar-refractivity contribution in [3.05, 3.63) is 46.6 Å². The van der Waals surface area contributed by atoms with Crippen LogP contribution < -0.4 is 3.07 Å². The lowest BCUT2D eigenvalue weighted by Gasteiger charge is -2.14. The third-order valence-electron chi connectivity index (χ3n) is 4.34. The van der Waals surface area contributed by atoms with E-state index in [0.717, 1.165) is 49.7 Å². The van der Waals surface area contributed by atoms with Gasteiger partial charge < -0.3 is 7.62 Å². The van der Waals surface area contributed by atoms with E-state index in [4.69, 9.17) is 3.07 Å². The van der Waals surface area contributed by atoms with Gasteiger partial charge >= 0.3 is 0 Å². The summed E-state index contributed by atoms with van der Waals surface area (Å²) in [6, 6.07) is 4.02. The summed E-state index contributed by atoms with van der Waals surface area (Å²) in [5.74, 6) is 0.550. The van der Waals surface area contributed by atoms with Gasteiger partial charge in [-0.2, -0.15) is 0 Å². The van der Waals surface area contributed by atoms with Gasteiger partial charge in [0.2, 0.25) is 0 Å². The molecule has 0 saturated heterocycles. The molecule has 0 aliphatic heterocycles. The van der Waals surface area contributed by atoms with Crippen molar-refractivity contribution in [2.45, 2.75) is 77.5 Å². The van der Waals surface area contributed by atoms with Crippen LogP contribution in [0, 0.1) is 0 Å². The molecule has 1 aromatic carbocycles. The molecule has 26 heavy (non-hydrogen) atoms. The topological polar surface area (TPSA) is 46.5 Å². The minimum Gasteiger partial charge on any atom is -0.426 e. The van der Waals surface area contributed by atoms with Crippen LogP contribution in [0.5, 0.6) is 5.75 Å². The molecule has 0 aliphatic carbocycles. The van der Waals surface area contributed by atoms with Gasteiger partial charge in [0.05, 0.1) is 0 Å². The van der Waals surface area contributed by atoms with Gasteiger partial charge in [-0.3, -0.25) is 0 Å². The number of allylic oxidation sites excluding steroid dienone is 4. The first kappa shape index (κ1) is 23.4. The lowest BCUT2D eigenvalue weighted by atomic mass is 10.0. The molecule has 1 N–H and O–H groups in total. The molecule has 146 valence electrons. The summed E-state index contributed by atoms with van der Waals surface area (Å²) in [7, 11) is 0. The lowest BCUT2D eigenvalue weighted by Crippen LogP contribution is -2.02. The first-order valence-electron chi connectivity index (χ1n) is 9.23. The maximum Gasteiger partial charge on any atom is 0.192 e. The van der Waals surface area contributed by atoms with Crippen LogP contribution in [-0.4, -0.2) is 8.76 Å². The summed E-state index contributed by atoms with van der Waals surface area (Å²) < 4.78 is 27.3. The molecule has 0 bridgehead atoms. The summed E-state index contributed by atoms with van der Waals surface area (Å²) in [5.41, 5.74) is 4.53. The van der Waals surface area contributed by atoms with E-state index in [2.05, 4.69) is 39.8 Å². The number of halogens is 1. The highest BCUT2D eigenvalue weighted by Gasteiger charge is 2.18. The molecule has 0 aromatic heterocycles. The van der Waals surface area contributed by atoms with Gasteiger partial charge in [-0.25, -0.2) is 4.21 Å². The summed E-state index contributed by atoms with van der Waals surface area (Å²) >= 11 is -0.238. The van der Waals surface area contributed by atoms with E-state index < -0.39 is 11.1 Å². The molecule has 0 saturated carbocycles. The predicted octanol–water partition coefficient (Wildman–Crippen LogP) is 6.96. The first-order chi connectivity index (χ1) is 12.4. The van der Waals surface area contributed by atoms with Crippen LogP contribution >= 0.6 is 23.0 Å². The van der Waals surface area contributed by atoms with Crippen LogP contribution in [0.3, 0.4) is 0 Å². The predicted molar refractivity (Wildman–Crippen MR) is 119 cm³/mol. The number of unbranched alkanes of at least 4 members (excludes halogenated alkanes) is 2. The molecular formula is C21H31IO3S. The molecular weight excluding hydrogens is 459 g/mol. The van der Waals surface area contributed by atoms with Gasteiger partial charge in [0.15, 0.2) is 39.8 Å². The Hall–Kier alpha value is -0.660. The molecule has 1 atom stereocenters. The van der Waals surface area contributed by atoms with Crippen molar-refractivity contribution in [3.8, 4) is 5.75 Å². The number of rotatable bonds is 11. The Bertz CT molecular complexity index is 661. The van der Waals surface area contributed by atoms with Crippen molar-refractivity contribution in [2.24, 2.45) is 0 Å². The summed E-state index contributed by atoms with van der Waals surface area (Å²) in [6.07, 6.45) is 11.3. The largest absolute Gasteiger partial charge is 0.426 e. The van der Waals surface area contributed by atoms with Crippen molar-refractivity contribution in [2.75, 3.05) is 0 Å². The lowest BCUT2D eigenvalue weighted by molar-refractivity contribution is 0.555. The van der Waals surface area contributed by atoms with Crippen LogP contribution in [0.1, 0.15) is 70.9 Å². The van der Waals surface area contributed by atoms with Crippen LogP contribution in [0.4, 0.5) is 0 Å². The Balaban J connectivity index is 2.99. The van der Waals surface area contributed by atoms with Crippen molar-refractivity contribution in [3.63, 3.8) is 0 Å². The highest BCUT2D eigenvalue weighted by Crippen LogP contribution is 2.33. The average Bonchev–Trinajstić information content (AvgIpc) is 2.59. The van der Waals surface area contributed by atoms with Crippen molar-refractivity contribution >= 4 is 34.1 Å². The third kappa shape index (κ3) is 7.92. The number of aryl methyl sites for hydroxylation is 1. The minimum atomic E-state index is -2.05. The number of benzene rings is 1. The van der Waals surface area contributed by atoms with Crippen molar-refractivity contribution in [1.82, 2.24) is 0 Å². The van der Waals surface area contributed by atoms with E-state index in [0.29, 0.717) is 17.1 Å². The average molecular weight is 490 g/mol.